The Morgan fingerprint density at radius 3 is 2.84 bits per heavy atom. The summed E-state index contributed by atoms with van der Waals surface area (Å²) in [6.07, 6.45) is 3.43. The number of hydrogen-bond donors (Lipinski definition) is 1. The highest BCUT2D eigenvalue weighted by molar-refractivity contribution is 5.78. The van der Waals surface area contributed by atoms with Crippen LogP contribution in [0, 0.1) is 0 Å². The summed E-state index contributed by atoms with van der Waals surface area (Å²) >= 11 is 0. The van der Waals surface area contributed by atoms with Crippen LogP contribution in [0.1, 0.15) is 24.8 Å². The van der Waals surface area contributed by atoms with Gasteiger partial charge in [0.15, 0.2) is 0 Å². The van der Waals surface area contributed by atoms with Crippen LogP contribution >= 0.6 is 0 Å². The molecule has 1 amide bonds. The predicted molar refractivity (Wildman–Crippen MR) is 91.4 cm³/mol. The van der Waals surface area contributed by atoms with Gasteiger partial charge in [-0.15, -0.1) is 0 Å². The molecule has 0 radical (unpaired) electrons. The van der Waals surface area contributed by atoms with Crippen molar-refractivity contribution in [3.05, 3.63) is 29.8 Å². The predicted octanol–water partition coefficient (Wildman–Crippen LogP) is 0.782. The molecule has 8 nitrogen and oxygen atoms in total. The summed E-state index contributed by atoms with van der Waals surface area (Å²) in [4.78, 5) is 14.1. The number of nitrogens with zero attached hydrogens (tertiary/aromatic N) is 5. The second kappa shape index (κ2) is 6.70. The molecule has 3 heterocycles. The molecule has 2 fully saturated rings. The van der Waals surface area contributed by atoms with Crippen LogP contribution in [0.15, 0.2) is 24.3 Å². The second-order valence-electron chi connectivity index (χ2n) is 6.60. The van der Waals surface area contributed by atoms with E-state index in [2.05, 4.69) is 37.9 Å². The molecule has 8 heteroatoms. The van der Waals surface area contributed by atoms with Gasteiger partial charge in [0.1, 0.15) is 5.75 Å². The number of tetrazole rings is 1. The SMILES string of the molecule is COc1ccc(CCn2nnnc2N2C3CCC2CC(=O)NC3)cc1. The summed E-state index contributed by atoms with van der Waals surface area (Å²) < 4.78 is 7.04. The van der Waals surface area contributed by atoms with Gasteiger partial charge >= 0.3 is 0 Å². The van der Waals surface area contributed by atoms with Crippen molar-refractivity contribution in [3.63, 3.8) is 0 Å². The van der Waals surface area contributed by atoms with Gasteiger partial charge in [-0.1, -0.05) is 17.2 Å². The molecule has 0 aliphatic carbocycles. The molecule has 4 rings (SSSR count). The van der Waals surface area contributed by atoms with E-state index in [4.69, 9.17) is 4.74 Å². The van der Waals surface area contributed by atoms with Crippen molar-refractivity contribution in [2.75, 3.05) is 18.6 Å². The fraction of sp³-hybridized carbons (Fsp3) is 0.529. The van der Waals surface area contributed by atoms with Gasteiger partial charge in [-0.05, 0) is 47.4 Å². The maximum atomic E-state index is 11.8. The van der Waals surface area contributed by atoms with E-state index in [1.165, 1.54) is 5.56 Å². The number of carbonyl (C=O) groups excluding carboxylic acids is 1. The molecular weight excluding hydrogens is 320 g/mol. The Balaban J connectivity index is 1.49. The van der Waals surface area contributed by atoms with Gasteiger partial charge in [0.25, 0.3) is 0 Å². The van der Waals surface area contributed by atoms with Crippen LogP contribution in [0.5, 0.6) is 5.75 Å². The van der Waals surface area contributed by atoms with Gasteiger partial charge in [0.05, 0.1) is 13.7 Å². The summed E-state index contributed by atoms with van der Waals surface area (Å²) in [5, 5.41) is 15.3. The minimum Gasteiger partial charge on any atom is -0.497 e. The number of rotatable bonds is 5. The number of aryl methyl sites for hydroxylation is 2. The first-order valence-corrected chi connectivity index (χ1v) is 8.68. The Hall–Kier alpha value is -2.64. The van der Waals surface area contributed by atoms with E-state index in [-0.39, 0.29) is 18.0 Å². The molecular formula is C17H22N6O2. The van der Waals surface area contributed by atoms with E-state index < -0.39 is 0 Å². The lowest BCUT2D eigenvalue weighted by atomic mass is 10.1. The fourth-order valence-electron chi connectivity index (χ4n) is 3.76. The van der Waals surface area contributed by atoms with Crippen molar-refractivity contribution in [2.24, 2.45) is 0 Å². The standard InChI is InChI=1S/C17H22N6O2/c1-25-15-6-2-12(3-7-15)8-9-22-17(19-20-21-22)23-13-4-5-14(23)11-18-16(24)10-13/h2-3,6-7,13-14H,4-5,8-11H2,1H3,(H,18,24). The number of methoxy groups -OCH3 is 1. The molecule has 2 aliphatic rings. The van der Waals surface area contributed by atoms with Gasteiger partial charge in [-0.25, -0.2) is 4.68 Å². The van der Waals surface area contributed by atoms with Crippen molar-refractivity contribution >= 4 is 11.9 Å². The lowest BCUT2D eigenvalue weighted by molar-refractivity contribution is -0.121. The van der Waals surface area contributed by atoms with Crippen LogP contribution in [-0.4, -0.2) is 51.9 Å². The first kappa shape index (κ1) is 15.9. The monoisotopic (exact) mass is 342 g/mol. The molecule has 1 aromatic heterocycles. The van der Waals surface area contributed by atoms with Gasteiger partial charge in [-0.2, -0.15) is 0 Å². The average Bonchev–Trinajstić information content (AvgIpc) is 3.20. The average molecular weight is 342 g/mol. The van der Waals surface area contributed by atoms with Crippen molar-refractivity contribution < 1.29 is 9.53 Å². The van der Waals surface area contributed by atoms with Gasteiger partial charge in [0, 0.05) is 25.0 Å². The Morgan fingerprint density at radius 2 is 2.04 bits per heavy atom. The van der Waals surface area contributed by atoms with Crippen LogP contribution in [0.4, 0.5) is 5.95 Å². The van der Waals surface area contributed by atoms with Crippen LogP contribution in [0.2, 0.25) is 0 Å². The first-order chi connectivity index (χ1) is 12.2. The summed E-state index contributed by atoms with van der Waals surface area (Å²) in [5.74, 6) is 1.75. The zero-order valence-corrected chi connectivity index (χ0v) is 14.3. The van der Waals surface area contributed by atoms with E-state index >= 15 is 0 Å². The van der Waals surface area contributed by atoms with Crippen molar-refractivity contribution in [3.8, 4) is 5.75 Å². The third-order valence-electron chi connectivity index (χ3n) is 5.09. The summed E-state index contributed by atoms with van der Waals surface area (Å²) in [7, 11) is 1.66. The summed E-state index contributed by atoms with van der Waals surface area (Å²) in [6, 6.07) is 8.51. The summed E-state index contributed by atoms with van der Waals surface area (Å²) in [6.45, 7) is 1.37. The number of nitrogens with one attached hydrogen (secondary N) is 1. The minimum absolute atomic E-state index is 0.120. The number of carbonyl (C=O) groups is 1. The highest BCUT2D eigenvalue weighted by atomic mass is 16.5. The van der Waals surface area contributed by atoms with E-state index in [0.717, 1.165) is 31.0 Å². The fourth-order valence-corrected chi connectivity index (χ4v) is 3.76. The van der Waals surface area contributed by atoms with E-state index in [0.29, 0.717) is 19.5 Å². The number of anilines is 1. The maximum absolute atomic E-state index is 11.8. The van der Waals surface area contributed by atoms with Crippen LogP contribution in [-0.2, 0) is 17.8 Å². The third-order valence-corrected chi connectivity index (χ3v) is 5.09. The summed E-state index contributed by atoms with van der Waals surface area (Å²) in [5.41, 5.74) is 1.21. The molecule has 0 saturated carbocycles. The molecule has 25 heavy (non-hydrogen) atoms. The number of ether oxygens (including phenoxy) is 1. The molecule has 1 aromatic carbocycles. The molecule has 0 spiro atoms. The Labute approximate surface area is 146 Å². The number of benzene rings is 1. The van der Waals surface area contributed by atoms with Gasteiger partial charge in [-0.3, -0.25) is 4.79 Å². The van der Waals surface area contributed by atoms with Crippen LogP contribution in [0.3, 0.4) is 0 Å². The first-order valence-electron chi connectivity index (χ1n) is 8.68. The lowest BCUT2D eigenvalue weighted by Gasteiger charge is -2.27. The molecule has 2 aliphatic heterocycles. The second-order valence-corrected chi connectivity index (χ2v) is 6.60. The normalized spacial score (nSPS) is 22.6. The maximum Gasteiger partial charge on any atom is 0.246 e. The van der Waals surface area contributed by atoms with Gasteiger partial charge in [0.2, 0.25) is 11.9 Å². The van der Waals surface area contributed by atoms with Crippen LogP contribution in [0.25, 0.3) is 0 Å². The van der Waals surface area contributed by atoms with Crippen LogP contribution < -0.4 is 15.0 Å². The largest absolute Gasteiger partial charge is 0.497 e. The molecule has 2 unspecified atom stereocenters. The van der Waals surface area contributed by atoms with E-state index in [1.54, 1.807) is 7.11 Å². The Kier molecular flexibility index (Phi) is 4.25. The molecule has 2 bridgehead atoms. The molecule has 2 saturated heterocycles. The lowest BCUT2D eigenvalue weighted by Crippen LogP contribution is -2.40. The van der Waals surface area contributed by atoms with Crippen molar-refractivity contribution in [2.45, 2.75) is 44.3 Å². The van der Waals surface area contributed by atoms with E-state index in [1.807, 2.05) is 16.8 Å². The highest BCUT2D eigenvalue weighted by Gasteiger charge is 2.39. The zero-order valence-electron chi connectivity index (χ0n) is 14.3. The zero-order chi connectivity index (χ0) is 17.2. The number of amides is 1. The molecule has 1 N–H and O–H groups in total. The Bertz CT molecular complexity index is 744. The van der Waals surface area contributed by atoms with Crippen molar-refractivity contribution in [1.82, 2.24) is 25.5 Å². The topological polar surface area (TPSA) is 85.2 Å². The third kappa shape index (κ3) is 3.16. The minimum atomic E-state index is 0.120. The molecule has 132 valence electrons. The molecule has 2 atom stereocenters. The van der Waals surface area contributed by atoms with E-state index in [9.17, 15) is 4.79 Å². The molecule has 2 aromatic rings. The van der Waals surface area contributed by atoms with Crippen molar-refractivity contribution in [1.29, 1.82) is 0 Å². The number of fused-ring (bicyclic) bond motifs is 2. The van der Waals surface area contributed by atoms with Gasteiger partial charge < -0.3 is 15.0 Å². The number of aromatic nitrogens is 4. The highest BCUT2D eigenvalue weighted by Crippen LogP contribution is 2.32. The quantitative estimate of drug-likeness (QED) is 0.864. The smallest absolute Gasteiger partial charge is 0.246 e. The Morgan fingerprint density at radius 1 is 1.24 bits per heavy atom. The number of hydrogen-bond acceptors (Lipinski definition) is 6.